The van der Waals surface area contributed by atoms with E-state index < -0.39 is 52.8 Å². The third-order valence-electron chi connectivity index (χ3n) is 13.0. The van der Waals surface area contributed by atoms with Crippen molar-refractivity contribution in [2.45, 2.75) is 37.5 Å². The zero-order valence-corrected chi connectivity index (χ0v) is 39.2. The summed E-state index contributed by atoms with van der Waals surface area (Å²) >= 11 is 0. The van der Waals surface area contributed by atoms with Crippen molar-refractivity contribution in [2.75, 3.05) is 116 Å². The van der Waals surface area contributed by atoms with Crippen molar-refractivity contribution in [1.29, 1.82) is 0 Å². The SMILES string of the molecule is CN1C(=O)CCC(N2C(=O)c3cccc(NCCOCCOCCOCCOCCN4CCN(C(=O)c5cc6cc(N7CCC(O)(C(=O)NCc8cc(F)cc(F)c8)C7=O)ccc6[nH]5)CC4)c3C2=O)C1=O. The quantitative estimate of drug-likeness (QED) is 0.0501. The van der Waals surface area contributed by atoms with Gasteiger partial charge < -0.3 is 49.5 Å². The summed E-state index contributed by atoms with van der Waals surface area (Å²) in [6, 6.07) is 13.5. The van der Waals surface area contributed by atoms with E-state index in [9.17, 15) is 47.4 Å². The average Bonchev–Trinajstić information content (AvgIpc) is 4.01. The maximum Gasteiger partial charge on any atom is 0.270 e. The van der Waals surface area contributed by atoms with Crippen LogP contribution in [0.15, 0.2) is 60.7 Å². The molecule has 0 radical (unpaired) electrons. The Morgan fingerprint density at radius 1 is 0.803 bits per heavy atom. The van der Waals surface area contributed by atoms with Crippen LogP contribution >= 0.6 is 0 Å². The van der Waals surface area contributed by atoms with Gasteiger partial charge in [-0.3, -0.25) is 48.3 Å². The number of rotatable bonds is 22. The van der Waals surface area contributed by atoms with Gasteiger partial charge in [0.2, 0.25) is 11.5 Å². The van der Waals surface area contributed by atoms with Gasteiger partial charge in [-0.05, 0) is 60.5 Å². The highest BCUT2D eigenvalue weighted by atomic mass is 19.1. The fraction of sp³-hybridized carbons (Fsp3) is 0.449. The van der Waals surface area contributed by atoms with E-state index in [1.807, 2.05) is 0 Å². The van der Waals surface area contributed by atoms with Gasteiger partial charge in [0, 0.05) is 101 Å². The Bertz CT molecular complexity index is 2660. The van der Waals surface area contributed by atoms with Crippen LogP contribution < -0.4 is 15.5 Å². The minimum Gasteiger partial charge on any atom is -0.382 e. The van der Waals surface area contributed by atoms with Gasteiger partial charge in [0.1, 0.15) is 23.4 Å². The molecule has 1 aromatic heterocycles. The van der Waals surface area contributed by atoms with Crippen molar-refractivity contribution < 1.29 is 66.4 Å². The Kier molecular flexibility index (Phi) is 16.1. The number of carbonyl (C=O) groups is 7. The molecule has 71 heavy (non-hydrogen) atoms. The molecule has 3 saturated heterocycles. The molecule has 7 amide bonds. The second-order valence-corrected chi connectivity index (χ2v) is 17.5. The van der Waals surface area contributed by atoms with Gasteiger partial charge in [0.25, 0.3) is 35.4 Å². The molecular formula is C49H56F2N8O12. The number of aromatic nitrogens is 1. The number of imide groups is 2. The molecule has 0 bridgehead atoms. The molecule has 2 atom stereocenters. The Labute approximate surface area is 407 Å². The third-order valence-corrected chi connectivity index (χ3v) is 13.0. The summed E-state index contributed by atoms with van der Waals surface area (Å²) in [6.07, 6.45) is -0.0221. The van der Waals surface area contributed by atoms with Gasteiger partial charge in [0.05, 0.1) is 64.0 Å². The lowest BCUT2D eigenvalue weighted by atomic mass is 10.0. The summed E-state index contributed by atoms with van der Waals surface area (Å²) in [5.74, 6) is -5.63. The molecule has 3 aromatic carbocycles. The predicted octanol–water partition coefficient (Wildman–Crippen LogP) is 1.91. The van der Waals surface area contributed by atoms with E-state index in [2.05, 4.69) is 20.5 Å². The van der Waals surface area contributed by atoms with Crippen molar-refractivity contribution in [1.82, 2.24) is 29.9 Å². The van der Waals surface area contributed by atoms with Crippen molar-refractivity contribution in [2.24, 2.45) is 0 Å². The van der Waals surface area contributed by atoms with Gasteiger partial charge in [-0.15, -0.1) is 0 Å². The van der Waals surface area contributed by atoms with E-state index in [1.165, 1.54) is 11.9 Å². The Morgan fingerprint density at radius 3 is 2.18 bits per heavy atom. The molecular weight excluding hydrogens is 931 g/mol. The van der Waals surface area contributed by atoms with Crippen LogP contribution in [0.1, 0.15) is 56.0 Å². The monoisotopic (exact) mass is 986 g/mol. The molecule has 3 fully saturated rings. The van der Waals surface area contributed by atoms with Crippen molar-refractivity contribution >= 4 is 63.6 Å². The molecule has 4 aliphatic rings. The fourth-order valence-electron chi connectivity index (χ4n) is 9.04. The number of H-pyrrole nitrogens is 1. The number of fused-ring (bicyclic) bond motifs is 2. The second kappa shape index (κ2) is 22.6. The molecule has 378 valence electrons. The molecule has 0 saturated carbocycles. The minimum absolute atomic E-state index is 0.0519. The first-order valence-electron chi connectivity index (χ1n) is 23.5. The normalized spacial score (nSPS) is 19.7. The second-order valence-electron chi connectivity index (χ2n) is 17.5. The number of hydrogen-bond acceptors (Lipinski definition) is 14. The highest BCUT2D eigenvalue weighted by molar-refractivity contribution is 6.25. The molecule has 0 aliphatic carbocycles. The van der Waals surface area contributed by atoms with E-state index in [-0.39, 0.29) is 60.9 Å². The minimum atomic E-state index is -2.36. The lowest BCUT2D eigenvalue weighted by molar-refractivity contribution is -0.150. The number of likely N-dealkylation sites (N-methyl/N-ethyl adjacent to an activating group) is 1. The first kappa shape index (κ1) is 50.7. The molecule has 4 aromatic rings. The van der Waals surface area contributed by atoms with Crippen LogP contribution in [0.4, 0.5) is 20.2 Å². The maximum absolute atomic E-state index is 13.6. The summed E-state index contributed by atoms with van der Waals surface area (Å²) in [5.41, 5.74) is 0.140. The number of carbonyl (C=O) groups excluding carboxylic acids is 7. The molecule has 0 spiro atoms. The van der Waals surface area contributed by atoms with E-state index in [4.69, 9.17) is 18.9 Å². The summed E-state index contributed by atoms with van der Waals surface area (Å²) in [6.45, 7) is 6.30. The van der Waals surface area contributed by atoms with Gasteiger partial charge >= 0.3 is 0 Å². The predicted molar refractivity (Wildman–Crippen MR) is 250 cm³/mol. The van der Waals surface area contributed by atoms with Crippen molar-refractivity contribution in [3.05, 3.63) is 94.7 Å². The Hall–Kier alpha value is -6.69. The number of amides is 7. The van der Waals surface area contributed by atoms with Crippen LogP contribution in [0.2, 0.25) is 0 Å². The van der Waals surface area contributed by atoms with Crippen molar-refractivity contribution in [3.8, 4) is 0 Å². The maximum atomic E-state index is 13.6. The lowest BCUT2D eigenvalue weighted by Gasteiger charge is -2.34. The molecule has 22 heteroatoms. The standard InChI is InChI=1S/C49H56F2N8O12/c1-55-41(60)8-7-40(45(55)63)59-43(61)36-3-2-4-38(42(36)46(59)64)52-10-17-68-19-21-70-23-24-71-22-20-69-18-16-56-12-14-57(15-13-56)44(62)39-28-32-27-35(5-6-37(32)54-39)58-11-9-49(67,48(58)66)47(65)53-30-31-25-33(50)29-34(51)26-31/h2-6,25-29,40,52,54,67H,7-24,30H2,1H3,(H,53,65). The number of aliphatic hydroxyl groups is 1. The number of likely N-dealkylation sites (tertiary alicyclic amines) is 1. The van der Waals surface area contributed by atoms with E-state index in [1.54, 1.807) is 47.4 Å². The molecule has 4 N–H and O–H groups in total. The highest BCUT2D eigenvalue weighted by Crippen LogP contribution is 2.34. The van der Waals surface area contributed by atoms with Gasteiger partial charge in [-0.1, -0.05) is 6.07 Å². The number of benzene rings is 3. The Morgan fingerprint density at radius 2 is 1.48 bits per heavy atom. The van der Waals surface area contributed by atoms with E-state index >= 15 is 0 Å². The zero-order chi connectivity index (χ0) is 50.2. The summed E-state index contributed by atoms with van der Waals surface area (Å²) in [7, 11) is 1.35. The number of piperidine rings is 1. The summed E-state index contributed by atoms with van der Waals surface area (Å²) in [5, 5.41) is 17.3. The van der Waals surface area contributed by atoms with Crippen LogP contribution in [-0.2, 0) is 44.7 Å². The molecule has 20 nitrogen and oxygen atoms in total. The first-order chi connectivity index (χ1) is 34.2. The highest BCUT2D eigenvalue weighted by Gasteiger charge is 2.52. The third kappa shape index (κ3) is 11.4. The fourth-order valence-corrected chi connectivity index (χ4v) is 9.04. The molecule has 5 heterocycles. The zero-order valence-electron chi connectivity index (χ0n) is 39.2. The number of anilines is 2. The van der Waals surface area contributed by atoms with Gasteiger partial charge in [0.15, 0.2) is 0 Å². The lowest BCUT2D eigenvalue weighted by Crippen LogP contribution is -2.54. The largest absolute Gasteiger partial charge is 0.382 e. The number of ether oxygens (including phenoxy) is 4. The van der Waals surface area contributed by atoms with Gasteiger partial charge in [-0.25, -0.2) is 8.78 Å². The van der Waals surface area contributed by atoms with Crippen LogP contribution in [-0.4, -0.2) is 188 Å². The number of hydrogen-bond donors (Lipinski definition) is 4. The summed E-state index contributed by atoms with van der Waals surface area (Å²) < 4.78 is 49.7. The van der Waals surface area contributed by atoms with Crippen LogP contribution in [0.3, 0.4) is 0 Å². The first-order valence-corrected chi connectivity index (χ1v) is 23.5. The van der Waals surface area contributed by atoms with Crippen LogP contribution in [0, 0.1) is 11.6 Å². The van der Waals surface area contributed by atoms with Crippen LogP contribution in [0.5, 0.6) is 0 Å². The topological polar surface area (TPSA) is 233 Å². The number of halogens is 2. The smallest absolute Gasteiger partial charge is 0.270 e. The number of aromatic amines is 1. The van der Waals surface area contributed by atoms with E-state index in [0.717, 1.165) is 21.9 Å². The van der Waals surface area contributed by atoms with Gasteiger partial charge in [-0.2, -0.15) is 0 Å². The number of nitrogens with one attached hydrogen (secondary N) is 3. The Balaban J connectivity index is 0.651. The van der Waals surface area contributed by atoms with E-state index in [0.29, 0.717) is 126 Å². The number of nitrogens with zero attached hydrogens (tertiary/aromatic N) is 5. The molecule has 2 unspecified atom stereocenters. The molecule has 4 aliphatic heterocycles. The van der Waals surface area contributed by atoms with Crippen LogP contribution in [0.25, 0.3) is 10.9 Å². The summed E-state index contributed by atoms with van der Waals surface area (Å²) in [4.78, 5) is 101. The average molecular weight is 987 g/mol. The molecule has 8 rings (SSSR count). The van der Waals surface area contributed by atoms with Crippen molar-refractivity contribution in [3.63, 3.8) is 0 Å². The number of piperazine rings is 1.